The normalized spacial score (nSPS) is 11.6. The Bertz CT molecular complexity index is 228. The van der Waals surface area contributed by atoms with Gasteiger partial charge in [0.15, 0.2) is 0 Å². The zero-order valence-electron chi connectivity index (χ0n) is 6.70. The first-order chi connectivity index (χ1) is 5.33. The van der Waals surface area contributed by atoms with Crippen LogP contribution < -0.4 is 0 Å². The monoisotopic (exact) mass is 169 g/mol. The molecule has 1 rings (SSSR count). The van der Waals surface area contributed by atoms with E-state index in [1.165, 1.54) is 4.88 Å². The zero-order valence-corrected chi connectivity index (χ0v) is 7.52. The third kappa shape index (κ3) is 2.72. The molecule has 0 bridgehead atoms. The van der Waals surface area contributed by atoms with E-state index in [1.807, 2.05) is 13.0 Å². The van der Waals surface area contributed by atoms with Gasteiger partial charge >= 0.3 is 0 Å². The van der Waals surface area contributed by atoms with Crippen LogP contribution in [-0.2, 0) is 11.3 Å². The van der Waals surface area contributed by atoms with E-state index in [0.717, 1.165) is 12.1 Å². The van der Waals surface area contributed by atoms with Crippen molar-refractivity contribution < 1.29 is 4.84 Å². The van der Waals surface area contributed by atoms with Gasteiger partial charge in [0.2, 0.25) is 0 Å². The highest BCUT2D eigenvalue weighted by Crippen LogP contribution is 2.09. The molecule has 11 heavy (non-hydrogen) atoms. The Morgan fingerprint density at radius 3 is 3.09 bits per heavy atom. The van der Waals surface area contributed by atoms with Crippen molar-refractivity contribution in [3.05, 3.63) is 22.4 Å². The van der Waals surface area contributed by atoms with E-state index in [1.54, 1.807) is 18.4 Å². The molecule has 3 heteroatoms. The van der Waals surface area contributed by atoms with Crippen LogP contribution in [0.5, 0.6) is 0 Å². The van der Waals surface area contributed by atoms with Gasteiger partial charge < -0.3 is 4.84 Å². The molecule has 1 aromatic rings. The maximum Gasteiger partial charge on any atom is 0.106 e. The maximum atomic E-state index is 4.64. The highest BCUT2D eigenvalue weighted by atomic mass is 32.1. The van der Waals surface area contributed by atoms with Gasteiger partial charge in [-0.05, 0) is 18.4 Å². The topological polar surface area (TPSA) is 21.6 Å². The Morgan fingerprint density at radius 2 is 2.55 bits per heavy atom. The second-order valence-corrected chi connectivity index (χ2v) is 3.30. The first kappa shape index (κ1) is 8.27. The van der Waals surface area contributed by atoms with Crippen LogP contribution in [0.25, 0.3) is 0 Å². The van der Waals surface area contributed by atoms with Crippen molar-refractivity contribution in [2.75, 3.05) is 7.11 Å². The van der Waals surface area contributed by atoms with Crippen molar-refractivity contribution >= 4 is 17.0 Å². The van der Waals surface area contributed by atoms with Crippen LogP contribution in [0.4, 0.5) is 0 Å². The van der Waals surface area contributed by atoms with E-state index < -0.39 is 0 Å². The van der Waals surface area contributed by atoms with Crippen molar-refractivity contribution in [3.8, 4) is 0 Å². The molecular weight excluding hydrogens is 158 g/mol. The highest BCUT2D eigenvalue weighted by molar-refractivity contribution is 7.10. The lowest BCUT2D eigenvalue weighted by Crippen LogP contribution is -1.95. The fourth-order valence-corrected chi connectivity index (χ4v) is 1.63. The second kappa shape index (κ2) is 4.13. The molecule has 0 aliphatic heterocycles. The van der Waals surface area contributed by atoms with E-state index >= 15 is 0 Å². The minimum absolute atomic E-state index is 0.894. The summed E-state index contributed by atoms with van der Waals surface area (Å²) in [5.41, 5.74) is 1.01. The first-order valence-corrected chi connectivity index (χ1v) is 4.30. The zero-order chi connectivity index (χ0) is 8.10. The van der Waals surface area contributed by atoms with E-state index in [2.05, 4.69) is 21.4 Å². The van der Waals surface area contributed by atoms with Gasteiger partial charge in [-0.2, -0.15) is 0 Å². The van der Waals surface area contributed by atoms with Crippen LogP contribution >= 0.6 is 11.3 Å². The van der Waals surface area contributed by atoms with Crippen molar-refractivity contribution in [1.82, 2.24) is 0 Å². The predicted molar refractivity (Wildman–Crippen MR) is 48.1 cm³/mol. The van der Waals surface area contributed by atoms with Crippen LogP contribution in [0.3, 0.4) is 0 Å². The van der Waals surface area contributed by atoms with Crippen LogP contribution in [0, 0.1) is 0 Å². The van der Waals surface area contributed by atoms with Gasteiger partial charge in [-0.25, -0.2) is 0 Å². The molecule has 2 nitrogen and oxygen atoms in total. The summed E-state index contributed by atoms with van der Waals surface area (Å²) < 4.78 is 0. The van der Waals surface area contributed by atoms with Gasteiger partial charge in [-0.1, -0.05) is 11.2 Å². The fourth-order valence-electron chi connectivity index (χ4n) is 0.853. The van der Waals surface area contributed by atoms with E-state index in [-0.39, 0.29) is 0 Å². The molecule has 0 atom stereocenters. The molecule has 0 saturated heterocycles. The molecule has 0 fully saturated rings. The molecule has 1 aromatic heterocycles. The number of hydrogen-bond acceptors (Lipinski definition) is 3. The minimum Gasteiger partial charge on any atom is -0.399 e. The molecule has 0 unspecified atom stereocenters. The van der Waals surface area contributed by atoms with E-state index in [0.29, 0.717) is 0 Å². The number of rotatable bonds is 3. The molecule has 0 N–H and O–H groups in total. The quantitative estimate of drug-likeness (QED) is 0.502. The molecule has 0 aliphatic carbocycles. The average Bonchev–Trinajstić information content (AvgIpc) is 2.40. The van der Waals surface area contributed by atoms with Crippen LogP contribution in [-0.4, -0.2) is 12.8 Å². The Kier molecular flexibility index (Phi) is 3.11. The molecule has 0 radical (unpaired) electrons. The Morgan fingerprint density at radius 1 is 1.73 bits per heavy atom. The molecule has 1 heterocycles. The summed E-state index contributed by atoms with van der Waals surface area (Å²) in [7, 11) is 1.57. The molecule has 0 amide bonds. The lowest BCUT2D eigenvalue weighted by atomic mass is 10.2. The fraction of sp³-hybridized carbons (Fsp3) is 0.375. The smallest absolute Gasteiger partial charge is 0.106 e. The van der Waals surface area contributed by atoms with Gasteiger partial charge in [-0.3, -0.25) is 0 Å². The Hall–Kier alpha value is -0.830. The lowest BCUT2D eigenvalue weighted by Gasteiger charge is -1.94. The second-order valence-electron chi connectivity index (χ2n) is 2.27. The predicted octanol–water partition coefficient (Wildman–Crippen LogP) is 2.31. The standard InChI is InChI=1S/C8H11NOS/c1-7(9-10-2)6-8-4-3-5-11-8/h3-5H,6H2,1-2H3/b9-7-. The first-order valence-electron chi connectivity index (χ1n) is 3.42. The lowest BCUT2D eigenvalue weighted by molar-refractivity contribution is 0.212. The molecule has 0 saturated carbocycles. The summed E-state index contributed by atoms with van der Waals surface area (Å²) in [6, 6.07) is 4.14. The number of thiophene rings is 1. The van der Waals surface area contributed by atoms with Crippen LogP contribution in [0.1, 0.15) is 11.8 Å². The van der Waals surface area contributed by atoms with Crippen molar-refractivity contribution in [1.29, 1.82) is 0 Å². The van der Waals surface area contributed by atoms with Crippen molar-refractivity contribution in [3.63, 3.8) is 0 Å². The molecular formula is C8H11NOS. The van der Waals surface area contributed by atoms with Crippen LogP contribution in [0.15, 0.2) is 22.7 Å². The van der Waals surface area contributed by atoms with Gasteiger partial charge in [0.25, 0.3) is 0 Å². The summed E-state index contributed by atoms with van der Waals surface area (Å²) in [6.45, 7) is 1.96. The highest BCUT2D eigenvalue weighted by Gasteiger charge is 1.95. The summed E-state index contributed by atoms with van der Waals surface area (Å²) in [5, 5.41) is 5.89. The summed E-state index contributed by atoms with van der Waals surface area (Å²) >= 11 is 1.74. The van der Waals surface area contributed by atoms with Gasteiger partial charge in [-0.15, -0.1) is 11.3 Å². The largest absolute Gasteiger partial charge is 0.399 e. The third-order valence-electron chi connectivity index (χ3n) is 1.26. The van der Waals surface area contributed by atoms with Gasteiger partial charge in [0.05, 0.1) is 5.71 Å². The third-order valence-corrected chi connectivity index (χ3v) is 2.13. The summed E-state index contributed by atoms with van der Waals surface area (Å²) in [5.74, 6) is 0. The Labute approximate surface area is 70.5 Å². The van der Waals surface area contributed by atoms with Crippen molar-refractivity contribution in [2.45, 2.75) is 13.3 Å². The maximum absolute atomic E-state index is 4.64. The molecule has 60 valence electrons. The number of nitrogens with zero attached hydrogens (tertiary/aromatic N) is 1. The molecule has 0 aromatic carbocycles. The summed E-state index contributed by atoms with van der Waals surface area (Å²) in [4.78, 5) is 5.97. The minimum atomic E-state index is 0.894. The van der Waals surface area contributed by atoms with E-state index in [9.17, 15) is 0 Å². The SMILES string of the molecule is CO/N=C(/C)Cc1cccs1. The molecule has 0 aliphatic rings. The van der Waals surface area contributed by atoms with Gasteiger partial charge in [0.1, 0.15) is 7.11 Å². The van der Waals surface area contributed by atoms with Crippen molar-refractivity contribution in [2.24, 2.45) is 5.16 Å². The number of oxime groups is 1. The van der Waals surface area contributed by atoms with Crippen LogP contribution in [0.2, 0.25) is 0 Å². The van der Waals surface area contributed by atoms with Gasteiger partial charge in [0, 0.05) is 11.3 Å². The van der Waals surface area contributed by atoms with E-state index in [4.69, 9.17) is 0 Å². The average molecular weight is 169 g/mol. The number of hydrogen-bond donors (Lipinski definition) is 0. The Balaban J connectivity index is 2.50. The molecule has 0 spiro atoms. The summed E-state index contributed by atoms with van der Waals surface area (Å²) in [6.07, 6.45) is 0.894.